The number of methoxy groups -OCH3 is 3. The monoisotopic (exact) mass is 1410 g/mol. The largest absolute Gasteiger partial charge is 0.496 e. The van der Waals surface area contributed by atoms with Crippen molar-refractivity contribution in [1.82, 2.24) is 85.0 Å². The third-order valence-electron chi connectivity index (χ3n) is 15.7. The van der Waals surface area contributed by atoms with Gasteiger partial charge in [0.2, 0.25) is 51.1 Å². The number of nitrogens with one attached hydrogen (secondary N) is 6. The Morgan fingerprint density at radius 2 is 0.850 bits per heavy atom. The van der Waals surface area contributed by atoms with Crippen LogP contribution in [0.5, 0.6) is 17.2 Å². The minimum atomic E-state index is -0.231. The highest BCUT2D eigenvalue weighted by molar-refractivity contribution is 7.21. The van der Waals surface area contributed by atoms with E-state index in [9.17, 15) is 14.4 Å². The second-order valence-electron chi connectivity index (χ2n) is 22.3. The Morgan fingerprint density at radius 3 is 1.24 bits per heavy atom. The van der Waals surface area contributed by atoms with Crippen LogP contribution in [0.2, 0.25) is 0 Å². The number of hydrogen-bond acceptors (Lipinski definition) is 28. The lowest BCUT2D eigenvalue weighted by molar-refractivity contribution is 0.0373. The van der Waals surface area contributed by atoms with E-state index in [1.807, 2.05) is 72.8 Å². The number of nitrogens with zero attached hydrogens (tertiary/aromatic N) is 14. The standard InChI is InChI=1S/2C24H28N8O3S.C18H17N7O2S/c1-34-19-15-16(7-8-17(19)21(33)26-9-4-10-31-11-13-35-14-12-31)27-23-29-22(25)32(30-23)24-28-18-5-2-3-6-20(18)36-24;1-34-19-15-16(7-8-17(19)21(33)26-9-4-10-31-11-13-35-14-12-31)27-23-29-22(25)30-32(23)24-28-18-5-2-3-6-20(18)36-24;1-20-15(26)11-8-7-10(9-13(11)27-2)21-17-23-16(19)25(24-17)18-22-12-5-3-4-6-14(12)28-18/h2*2-3,5-8,15H,4,9-14H2,1H3,(H,26,33)(H3,25,27,29,30);3-9H,1-2H3,(H,20,26)(H3,19,21,23,24). The highest BCUT2D eigenvalue weighted by Gasteiger charge is 2.22. The Hall–Kier alpha value is -11.1. The molecule has 2 saturated heterocycles. The molecule has 0 bridgehead atoms. The SMILES string of the molecule is CNC(=O)c1ccc(Nc2nc(N)n(-c3nc4ccccc4s3)n2)cc1OC.COc1cc(Nc2nc(N)n(-c3nc4ccccc4s3)n2)ccc1C(=O)NCCCN1CCOCC1.COc1cc(Nc2nc(N)nn2-c2nc3ccccc3s2)ccc1C(=O)NCCCN1CCOCC1. The molecule has 0 aliphatic carbocycles. The van der Waals surface area contributed by atoms with Gasteiger partial charge in [-0.1, -0.05) is 70.4 Å². The van der Waals surface area contributed by atoms with Gasteiger partial charge in [-0.15, -0.1) is 15.3 Å². The van der Waals surface area contributed by atoms with E-state index in [-0.39, 0.29) is 35.6 Å². The summed E-state index contributed by atoms with van der Waals surface area (Å²) in [6.45, 7) is 9.89. The number of benzene rings is 6. The van der Waals surface area contributed by atoms with E-state index in [2.05, 4.69) is 86.9 Å². The average Bonchev–Trinajstić information content (AvgIpc) is 1.64. The number of ether oxygens (including phenoxy) is 5. The summed E-state index contributed by atoms with van der Waals surface area (Å²) in [6, 6.07) is 39.1. The number of rotatable bonds is 23. The molecule has 31 nitrogen and oxygen atoms in total. The number of carbonyl (C=O) groups is 3. The number of hydrogen-bond donors (Lipinski definition) is 9. The fourth-order valence-corrected chi connectivity index (χ4v) is 13.4. The quantitative estimate of drug-likeness (QED) is 0.0275. The molecule has 0 saturated carbocycles. The summed E-state index contributed by atoms with van der Waals surface area (Å²) in [5.74, 6) is 2.34. The molecule has 6 aromatic carbocycles. The van der Waals surface area contributed by atoms with Gasteiger partial charge in [-0.3, -0.25) is 24.2 Å². The van der Waals surface area contributed by atoms with Gasteiger partial charge in [0.1, 0.15) is 17.2 Å². The van der Waals surface area contributed by atoms with Gasteiger partial charge in [0.05, 0.1) is 95.1 Å². The second kappa shape index (κ2) is 32.5. The second-order valence-corrected chi connectivity index (χ2v) is 25.4. The smallest absolute Gasteiger partial charge is 0.255 e. The maximum Gasteiger partial charge on any atom is 0.255 e. The number of fused-ring (bicyclic) bond motifs is 3. The van der Waals surface area contributed by atoms with E-state index < -0.39 is 0 Å². The van der Waals surface area contributed by atoms with Crippen LogP contribution in [0.1, 0.15) is 43.9 Å². The van der Waals surface area contributed by atoms with Crippen LogP contribution >= 0.6 is 34.0 Å². The number of para-hydroxylation sites is 3. The van der Waals surface area contributed by atoms with E-state index in [1.54, 1.807) is 66.3 Å². The predicted molar refractivity (Wildman–Crippen MR) is 387 cm³/mol. The van der Waals surface area contributed by atoms with E-state index in [4.69, 9.17) is 40.9 Å². The molecule has 0 unspecified atom stereocenters. The highest BCUT2D eigenvalue weighted by Crippen LogP contribution is 2.33. The lowest BCUT2D eigenvalue weighted by Crippen LogP contribution is -2.38. The van der Waals surface area contributed by atoms with Crippen LogP contribution in [0, 0.1) is 0 Å². The molecule has 0 radical (unpaired) electrons. The first-order chi connectivity index (χ1) is 48.8. The molecule has 12 aromatic rings. The molecule has 12 N–H and O–H groups in total. The number of aromatic nitrogens is 12. The molecule has 8 heterocycles. The number of nitrogens with two attached hydrogens (primary N) is 3. The van der Waals surface area contributed by atoms with Crippen molar-refractivity contribution in [3.8, 4) is 32.6 Å². The summed E-state index contributed by atoms with van der Waals surface area (Å²) in [5.41, 5.74) is 24.0. The third-order valence-corrected chi connectivity index (χ3v) is 18.7. The number of nitrogen functional groups attached to an aromatic ring is 3. The first kappa shape index (κ1) is 68.8. The summed E-state index contributed by atoms with van der Waals surface area (Å²) in [7, 11) is 6.14. The van der Waals surface area contributed by atoms with Crippen molar-refractivity contribution in [2.75, 3.05) is 140 Å². The van der Waals surface area contributed by atoms with E-state index in [1.165, 1.54) is 64.7 Å². The van der Waals surface area contributed by atoms with E-state index in [0.29, 0.717) is 97.3 Å². The maximum absolute atomic E-state index is 12.8. The van der Waals surface area contributed by atoms with Crippen molar-refractivity contribution in [3.63, 3.8) is 0 Å². The zero-order valence-corrected chi connectivity index (χ0v) is 57.5. The summed E-state index contributed by atoms with van der Waals surface area (Å²) in [4.78, 5) is 68.7. The van der Waals surface area contributed by atoms with Gasteiger partial charge in [0, 0.05) is 81.6 Å². The molecular formula is C66H73N23O8S3. The van der Waals surface area contributed by atoms with Gasteiger partial charge < -0.3 is 72.8 Å². The molecule has 2 aliphatic heterocycles. The van der Waals surface area contributed by atoms with Crippen molar-refractivity contribution in [3.05, 3.63) is 144 Å². The van der Waals surface area contributed by atoms with Crippen LogP contribution in [0.4, 0.5) is 52.8 Å². The fourth-order valence-electron chi connectivity index (χ4n) is 10.7. The normalized spacial score (nSPS) is 13.2. The van der Waals surface area contributed by atoms with Crippen LogP contribution in [0.3, 0.4) is 0 Å². The Labute approximate surface area is 585 Å². The molecule has 0 atom stereocenters. The molecular weight excluding hydrogens is 1340 g/mol. The molecule has 2 aliphatic rings. The average molecular weight is 1410 g/mol. The number of thiazole rings is 3. The van der Waals surface area contributed by atoms with Crippen molar-refractivity contribution < 1.29 is 38.1 Å². The van der Waals surface area contributed by atoms with Gasteiger partial charge in [0.25, 0.3) is 17.7 Å². The molecule has 6 aromatic heterocycles. The molecule has 34 heteroatoms. The number of amides is 3. The number of carbonyl (C=O) groups excluding carboxylic acids is 3. The van der Waals surface area contributed by atoms with Crippen molar-refractivity contribution in [1.29, 1.82) is 0 Å². The Bertz CT molecular complexity index is 4710. The van der Waals surface area contributed by atoms with Crippen LogP contribution < -0.4 is 63.3 Å². The minimum Gasteiger partial charge on any atom is -0.496 e. The lowest BCUT2D eigenvalue weighted by atomic mass is 10.1. The van der Waals surface area contributed by atoms with Crippen LogP contribution in [-0.4, -0.2) is 194 Å². The summed E-state index contributed by atoms with van der Waals surface area (Å²) in [5, 5.41) is 33.0. The first-order valence-corrected chi connectivity index (χ1v) is 34.2. The molecule has 3 amide bonds. The van der Waals surface area contributed by atoms with E-state index >= 15 is 0 Å². The van der Waals surface area contributed by atoms with Gasteiger partial charge in [-0.2, -0.15) is 29.0 Å². The Morgan fingerprint density at radius 1 is 0.470 bits per heavy atom. The van der Waals surface area contributed by atoms with Crippen LogP contribution in [0.25, 0.3) is 46.0 Å². The molecule has 14 rings (SSSR count). The van der Waals surface area contributed by atoms with Crippen molar-refractivity contribution in [2.45, 2.75) is 12.8 Å². The third kappa shape index (κ3) is 16.9. The highest BCUT2D eigenvalue weighted by atomic mass is 32.1. The minimum absolute atomic E-state index is 0.122. The molecule has 518 valence electrons. The molecule has 2 fully saturated rings. The van der Waals surface area contributed by atoms with Crippen molar-refractivity contribution >= 4 is 135 Å². The van der Waals surface area contributed by atoms with Gasteiger partial charge in [-0.05, 0) is 98.7 Å². The Kier molecular flexibility index (Phi) is 22.3. The lowest BCUT2D eigenvalue weighted by Gasteiger charge is -2.26. The first-order valence-electron chi connectivity index (χ1n) is 31.8. The molecule has 100 heavy (non-hydrogen) atoms. The predicted octanol–water partition coefficient (Wildman–Crippen LogP) is 7.90. The number of anilines is 9. The van der Waals surface area contributed by atoms with Gasteiger partial charge in [-0.25, -0.2) is 15.0 Å². The van der Waals surface area contributed by atoms with Gasteiger partial charge in [0.15, 0.2) is 0 Å². The zero-order chi connectivity index (χ0) is 69.5. The maximum atomic E-state index is 12.8. The van der Waals surface area contributed by atoms with E-state index in [0.717, 1.165) is 109 Å². The summed E-state index contributed by atoms with van der Waals surface area (Å²) < 4.78 is 34.7. The Balaban J connectivity index is 0.000000143. The number of morpholine rings is 2. The van der Waals surface area contributed by atoms with Gasteiger partial charge >= 0.3 is 0 Å². The zero-order valence-electron chi connectivity index (χ0n) is 55.0. The van der Waals surface area contributed by atoms with Crippen molar-refractivity contribution in [2.24, 2.45) is 0 Å². The van der Waals surface area contributed by atoms with Crippen LogP contribution in [0.15, 0.2) is 127 Å². The van der Waals surface area contributed by atoms with Crippen LogP contribution in [-0.2, 0) is 9.47 Å². The summed E-state index contributed by atoms with van der Waals surface area (Å²) >= 11 is 4.44. The summed E-state index contributed by atoms with van der Waals surface area (Å²) in [6.07, 6.45) is 1.74. The topological polar surface area (TPSA) is 385 Å². The fraction of sp³-hybridized carbons (Fsp3) is 0.273. The molecule has 0 spiro atoms.